The van der Waals surface area contributed by atoms with E-state index in [-0.39, 0.29) is 40.1 Å². The monoisotopic (exact) mass is 536 g/mol. The first kappa shape index (κ1) is 24.8. The number of sulfonamides is 1. The molecule has 0 radical (unpaired) electrons. The topological polar surface area (TPSA) is 143 Å². The fourth-order valence-electron chi connectivity index (χ4n) is 3.71. The van der Waals surface area contributed by atoms with Crippen LogP contribution in [-0.2, 0) is 10.0 Å². The lowest BCUT2D eigenvalue weighted by atomic mass is 10.2. The molecule has 0 saturated carbocycles. The quantitative estimate of drug-likeness (QED) is 0.452. The molecule has 0 aromatic heterocycles. The van der Waals surface area contributed by atoms with Crippen molar-refractivity contribution >= 4 is 50.1 Å². The first-order valence-corrected chi connectivity index (χ1v) is 13.2. The molecule has 1 unspecified atom stereocenters. The van der Waals surface area contributed by atoms with Crippen LogP contribution in [-0.4, -0.2) is 76.7 Å². The summed E-state index contributed by atoms with van der Waals surface area (Å²) < 4.78 is 71.4. The zero-order valence-electron chi connectivity index (χ0n) is 17.8. The number of likely N-dealkylation sites (N-methyl/N-ethyl adjacent to an activating group) is 1. The van der Waals surface area contributed by atoms with E-state index in [4.69, 9.17) is 21.4 Å². The molecule has 0 spiro atoms. The predicted octanol–water partition coefficient (Wildman–Crippen LogP) is 3.35. The summed E-state index contributed by atoms with van der Waals surface area (Å²) in [7, 11) is -5.91. The number of amides is 1. The highest BCUT2D eigenvalue weighted by Gasteiger charge is 2.40. The van der Waals surface area contributed by atoms with E-state index in [1.54, 1.807) is 7.05 Å². The van der Waals surface area contributed by atoms with Crippen LogP contribution in [0.25, 0.3) is 0 Å². The van der Waals surface area contributed by atoms with Gasteiger partial charge in [0.1, 0.15) is 17.7 Å². The average molecular weight is 537 g/mol. The third-order valence-electron chi connectivity index (χ3n) is 5.46. The van der Waals surface area contributed by atoms with Crippen molar-refractivity contribution in [1.29, 1.82) is 0 Å². The summed E-state index contributed by atoms with van der Waals surface area (Å²) >= 11 is 5.81. The van der Waals surface area contributed by atoms with Crippen LogP contribution in [0.4, 0.5) is 20.6 Å². The van der Waals surface area contributed by atoms with E-state index in [1.165, 1.54) is 26.8 Å². The summed E-state index contributed by atoms with van der Waals surface area (Å²) in [5.41, 5.74) is 0.175. The molecule has 1 amide bonds. The van der Waals surface area contributed by atoms with Crippen LogP contribution < -0.4 is 14.4 Å². The van der Waals surface area contributed by atoms with Gasteiger partial charge in [-0.15, -0.1) is 0 Å². The molecule has 4 N–H and O–H groups in total. The normalized spacial score (nSPS) is 21.6. The number of hydrogen-bond acceptors (Lipinski definition) is 8. The van der Waals surface area contributed by atoms with Crippen molar-refractivity contribution in [3.63, 3.8) is 0 Å². The Morgan fingerprint density at radius 2 is 2.00 bits per heavy atom. The minimum Gasteiger partial charge on any atom is -0.485 e. The van der Waals surface area contributed by atoms with Gasteiger partial charge in [0.2, 0.25) is 0 Å². The Bertz CT molecular complexity index is 1230. The SMILES string of the molecule is CN1CCN(CC2CN(S(=O)(=O)c3ccc(F)c(Cl)c3)c3cc(NC(=O)O)ccc3O2)S1(O)O. The van der Waals surface area contributed by atoms with Gasteiger partial charge in [-0.05, 0) is 36.4 Å². The van der Waals surface area contributed by atoms with Crippen LogP contribution in [0, 0.1) is 5.82 Å². The molecule has 0 aliphatic carbocycles. The maximum atomic E-state index is 13.7. The molecule has 2 aliphatic heterocycles. The molecule has 11 nitrogen and oxygen atoms in total. The second kappa shape index (κ2) is 9.03. The van der Waals surface area contributed by atoms with E-state index in [2.05, 4.69) is 5.32 Å². The standard InChI is InChI=1S/C19H22ClFN4O7S2/c1-23-6-7-24(34(23,30)31)10-13-11-25(33(28,29)14-3-4-16(21)15(20)9-14)17-8-12(22-19(26)27)2-5-18(17)32-13/h2-5,8-9,13,22,30-31H,6-7,10-11H2,1H3,(H,26,27). The summed E-state index contributed by atoms with van der Waals surface area (Å²) in [5, 5.41) is 10.8. The maximum absolute atomic E-state index is 13.7. The zero-order valence-corrected chi connectivity index (χ0v) is 20.1. The van der Waals surface area contributed by atoms with Crippen molar-refractivity contribution in [2.75, 3.05) is 42.8 Å². The van der Waals surface area contributed by atoms with E-state index in [0.29, 0.717) is 13.1 Å². The fourth-order valence-corrected chi connectivity index (χ4v) is 6.90. The van der Waals surface area contributed by atoms with E-state index < -0.39 is 39.0 Å². The van der Waals surface area contributed by atoms with Crippen molar-refractivity contribution < 1.29 is 36.6 Å². The van der Waals surface area contributed by atoms with Gasteiger partial charge >= 0.3 is 6.09 Å². The van der Waals surface area contributed by atoms with Gasteiger partial charge in [0.15, 0.2) is 0 Å². The summed E-state index contributed by atoms with van der Waals surface area (Å²) in [6.07, 6.45) is -2.13. The molecule has 15 heteroatoms. The molecule has 2 aromatic carbocycles. The zero-order chi connectivity index (χ0) is 24.8. The number of rotatable bonds is 5. The summed E-state index contributed by atoms with van der Waals surface area (Å²) in [6, 6.07) is 7.13. The third kappa shape index (κ3) is 4.62. The van der Waals surface area contributed by atoms with Crippen LogP contribution in [0.5, 0.6) is 5.75 Å². The van der Waals surface area contributed by atoms with Crippen LogP contribution in [0.1, 0.15) is 0 Å². The van der Waals surface area contributed by atoms with Crippen molar-refractivity contribution in [2.24, 2.45) is 0 Å². The lowest BCUT2D eigenvalue weighted by Crippen LogP contribution is -2.48. The van der Waals surface area contributed by atoms with Crippen LogP contribution in [0.15, 0.2) is 41.3 Å². The molecule has 1 saturated heterocycles. The van der Waals surface area contributed by atoms with E-state index >= 15 is 0 Å². The molecule has 2 aliphatic rings. The summed E-state index contributed by atoms with van der Waals surface area (Å²) in [5.74, 6) is -0.634. The number of nitrogens with one attached hydrogen (secondary N) is 1. The van der Waals surface area contributed by atoms with Gasteiger partial charge in [-0.3, -0.25) is 18.7 Å². The fraction of sp³-hybridized carbons (Fsp3) is 0.316. The third-order valence-corrected chi connectivity index (χ3v) is 9.57. The molecule has 4 rings (SSSR count). The molecular formula is C19H22ClFN4O7S2. The number of benzene rings is 2. The van der Waals surface area contributed by atoms with E-state index in [0.717, 1.165) is 22.5 Å². The smallest absolute Gasteiger partial charge is 0.409 e. The first-order chi connectivity index (χ1) is 15.9. The predicted molar refractivity (Wildman–Crippen MR) is 125 cm³/mol. The number of fused-ring (bicyclic) bond motifs is 1. The highest BCUT2D eigenvalue weighted by Crippen LogP contribution is 2.50. The highest BCUT2D eigenvalue weighted by atomic mass is 35.5. The highest BCUT2D eigenvalue weighted by molar-refractivity contribution is 8.20. The van der Waals surface area contributed by atoms with Crippen LogP contribution in [0.2, 0.25) is 5.02 Å². The number of hydrogen-bond donors (Lipinski definition) is 4. The van der Waals surface area contributed by atoms with Crippen molar-refractivity contribution in [1.82, 2.24) is 8.61 Å². The second-order valence-electron chi connectivity index (χ2n) is 7.69. The van der Waals surface area contributed by atoms with Crippen LogP contribution in [0.3, 0.4) is 0 Å². The van der Waals surface area contributed by atoms with Crippen molar-refractivity contribution in [2.45, 2.75) is 11.0 Å². The average Bonchev–Trinajstić information content (AvgIpc) is 3.01. The first-order valence-electron chi connectivity index (χ1n) is 9.92. The minimum atomic E-state index is -4.29. The maximum Gasteiger partial charge on any atom is 0.409 e. The minimum absolute atomic E-state index is 0.0113. The number of halogens is 2. The van der Waals surface area contributed by atoms with Crippen molar-refractivity contribution in [3.8, 4) is 5.75 Å². The Balaban J connectivity index is 1.73. The molecule has 34 heavy (non-hydrogen) atoms. The molecule has 1 fully saturated rings. The Kier molecular flexibility index (Phi) is 6.58. The number of nitrogens with zero attached hydrogens (tertiary/aromatic N) is 3. The Morgan fingerprint density at radius 3 is 2.62 bits per heavy atom. The van der Waals surface area contributed by atoms with Gasteiger partial charge in [0.05, 0.1) is 28.7 Å². The summed E-state index contributed by atoms with van der Waals surface area (Å²) in [6.45, 7) is 0.535. The lowest BCUT2D eigenvalue weighted by molar-refractivity contribution is 0.168. The number of anilines is 2. The van der Waals surface area contributed by atoms with E-state index in [9.17, 15) is 26.7 Å². The Labute approximate surface area is 201 Å². The molecule has 2 heterocycles. The van der Waals surface area contributed by atoms with Gasteiger partial charge in [0.25, 0.3) is 10.0 Å². The van der Waals surface area contributed by atoms with Gasteiger partial charge in [-0.1, -0.05) is 22.6 Å². The van der Waals surface area contributed by atoms with Gasteiger partial charge in [0, 0.05) is 25.8 Å². The number of ether oxygens (including phenoxy) is 1. The lowest BCUT2D eigenvalue weighted by Gasteiger charge is -2.43. The van der Waals surface area contributed by atoms with Gasteiger partial charge < -0.3 is 9.84 Å². The van der Waals surface area contributed by atoms with Gasteiger partial charge in [-0.25, -0.2) is 17.6 Å². The second-order valence-corrected chi connectivity index (χ2v) is 12.1. The molecule has 0 bridgehead atoms. The Hall–Kier alpha value is -2.33. The van der Waals surface area contributed by atoms with Crippen molar-refractivity contribution in [3.05, 3.63) is 47.2 Å². The van der Waals surface area contributed by atoms with E-state index in [1.807, 2.05) is 0 Å². The van der Waals surface area contributed by atoms with Crippen LogP contribution >= 0.6 is 22.6 Å². The molecule has 186 valence electrons. The number of carbonyl (C=O) groups is 1. The van der Waals surface area contributed by atoms with Gasteiger partial charge in [-0.2, -0.15) is 8.61 Å². The number of carboxylic acid groups (broad SMARTS) is 1. The molecular weight excluding hydrogens is 515 g/mol. The molecule has 2 aromatic rings. The largest absolute Gasteiger partial charge is 0.485 e. The molecule has 1 atom stereocenters. The summed E-state index contributed by atoms with van der Waals surface area (Å²) in [4.78, 5) is 10.8. The Morgan fingerprint density at radius 1 is 1.26 bits per heavy atom.